The number of hydrogen-bond acceptors (Lipinski definition) is 5. The summed E-state index contributed by atoms with van der Waals surface area (Å²) < 4.78 is 19.7. The fourth-order valence-electron chi connectivity index (χ4n) is 9.13. The number of carbonyl (C=O) groups is 1. The van der Waals surface area contributed by atoms with E-state index >= 15 is 0 Å². The van der Waals surface area contributed by atoms with E-state index in [0.717, 1.165) is 38.5 Å². The van der Waals surface area contributed by atoms with Crippen LogP contribution in [0.25, 0.3) is 0 Å². The molecule has 1 heterocycles. The molecule has 380 valence electrons. The molecular formula is C60H106N2O4. The molecule has 2 aromatic rings. The third kappa shape index (κ3) is 34.5. The van der Waals surface area contributed by atoms with E-state index in [9.17, 15) is 4.79 Å². The number of hydrogen-bond donors (Lipinski definition) is 1. The lowest BCUT2D eigenvalue weighted by Gasteiger charge is -2.19. The molecule has 0 spiro atoms. The number of nitrogens with zero attached hydrogens (tertiary/aromatic N) is 1. The van der Waals surface area contributed by atoms with Crippen LogP contribution < -0.4 is 19.5 Å². The van der Waals surface area contributed by atoms with Crippen LogP contribution in [-0.4, -0.2) is 30.7 Å². The zero-order valence-corrected chi connectivity index (χ0v) is 43.9. The minimum atomic E-state index is -0.192. The molecular weight excluding hydrogens is 813 g/mol. The van der Waals surface area contributed by atoms with Gasteiger partial charge in [0.15, 0.2) is 11.5 Å². The molecule has 0 aliphatic carbocycles. The first-order valence-electron chi connectivity index (χ1n) is 29.0. The average Bonchev–Trinajstić information content (AvgIpc) is 3.33. The van der Waals surface area contributed by atoms with Crippen molar-refractivity contribution in [2.45, 2.75) is 290 Å². The average molecular weight is 920 g/mol. The van der Waals surface area contributed by atoms with E-state index in [1.54, 1.807) is 12.4 Å². The SMILES string of the molecule is CCCCCCCCCCCCCCCCOc1cc(C(=O)Nc2ccncc2)cc(OCCCCCCCCCCCCCCCC)c1OCCCCCCCCCCCCCCCC. The lowest BCUT2D eigenvalue weighted by Crippen LogP contribution is -2.14. The van der Waals surface area contributed by atoms with E-state index < -0.39 is 0 Å². The summed E-state index contributed by atoms with van der Waals surface area (Å²) in [6, 6.07) is 7.35. The van der Waals surface area contributed by atoms with Crippen molar-refractivity contribution in [2.24, 2.45) is 0 Å². The predicted molar refractivity (Wildman–Crippen MR) is 286 cm³/mol. The van der Waals surface area contributed by atoms with E-state index in [1.807, 2.05) is 24.3 Å². The first kappa shape index (κ1) is 59.4. The molecule has 1 aromatic carbocycles. The van der Waals surface area contributed by atoms with Crippen molar-refractivity contribution < 1.29 is 19.0 Å². The van der Waals surface area contributed by atoms with E-state index in [-0.39, 0.29) is 5.91 Å². The Labute approximate surface area is 409 Å². The van der Waals surface area contributed by atoms with Crippen LogP contribution in [0, 0.1) is 0 Å². The van der Waals surface area contributed by atoms with Gasteiger partial charge in [-0.25, -0.2) is 0 Å². The highest BCUT2D eigenvalue weighted by Gasteiger charge is 2.20. The summed E-state index contributed by atoms with van der Waals surface area (Å²) in [6.45, 7) is 8.69. The standard InChI is InChI=1S/C60H106N2O4/c1-4-7-10-13-16-19-22-25-28-31-34-37-40-43-50-64-57-53-55(60(63)62-56-46-48-61-49-47-56)54-58(65-51-44-41-38-35-32-29-26-23-20-17-14-11-8-5-2)59(57)66-52-45-42-39-36-33-30-27-24-21-18-15-12-9-6-3/h46-49,53-54H,4-45,50-52H2,1-3H3,(H,61,62,63). The summed E-state index contributed by atoms with van der Waals surface area (Å²) in [4.78, 5) is 17.8. The van der Waals surface area contributed by atoms with Gasteiger partial charge >= 0.3 is 0 Å². The Balaban J connectivity index is 1.91. The fourth-order valence-corrected chi connectivity index (χ4v) is 9.13. The number of nitrogens with one attached hydrogen (secondary N) is 1. The molecule has 1 amide bonds. The van der Waals surface area contributed by atoms with Crippen LogP contribution in [0.4, 0.5) is 5.69 Å². The summed E-state index contributed by atoms with van der Waals surface area (Å²) in [6.07, 6.45) is 59.0. The molecule has 0 saturated heterocycles. The van der Waals surface area contributed by atoms with Crippen LogP contribution in [-0.2, 0) is 0 Å². The van der Waals surface area contributed by atoms with Gasteiger partial charge in [0.2, 0.25) is 5.75 Å². The van der Waals surface area contributed by atoms with Gasteiger partial charge in [-0.2, -0.15) is 0 Å². The van der Waals surface area contributed by atoms with Gasteiger partial charge in [-0.1, -0.05) is 271 Å². The number of aromatic nitrogens is 1. The van der Waals surface area contributed by atoms with Crippen LogP contribution >= 0.6 is 0 Å². The van der Waals surface area contributed by atoms with Gasteiger partial charge in [0.05, 0.1) is 19.8 Å². The molecule has 2 rings (SSSR count). The van der Waals surface area contributed by atoms with Crippen LogP contribution in [0.5, 0.6) is 17.2 Å². The topological polar surface area (TPSA) is 69.7 Å². The Morgan fingerprint density at radius 3 is 0.924 bits per heavy atom. The maximum Gasteiger partial charge on any atom is 0.255 e. The van der Waals surface area contributed by atoms with E-state index in [2.05, 4.69) is 31.1 Å². The fraction of sp³-hybridized carbons (Fsp3) is 0.800. The highest BCUT2D eigenvalue weighted by Crippen LogP contribution is 2.40. The minimum absolute atomic E-state index is 0.192. The van der Waals surface area contributed by atoms with E-state index in [4.69, 9.17) is 14.2 Å². The van der Waals surface area contributed by atoms with Crippen molar-refractivity contribution in [1.82, 2.24) is 4.98 Å². The molecule has 0 unspecified atom stereocenters. The number of benzene rings is 1. The molecule has 1 N–H and O–H groups in total. The maximum absolute atomic E-state index is 13.7. The number of rotatable bonds is 50. The Hall–Kier alpha value is -2.76. The van der Waals surface area contributed by atoms with Gasteiger partial charge in [0, 0.05) is 23.6 Å². The number of amides is 1. The molecule has 0 bridgehead atoms. The maximum atomic E-state index is 13.7. The van der Waals surface area contributed by atoms with Gasteiger partial charge in [-0.05, 0) is 43.5 Å². The molecule has 0 saturated carbocycles. The summed E-state index contributed by atoms with van der Waals surface area (Å²) in [5.74, 6) is 1.70. The Morgan fingerprint density at radius 2 is 0.636 bits per heavy atom. The largest absolute Gasteiger partial charge is 0.490 e. The summed E-state index contributed by atoms with van der Waals surface area (Å²) >= 11 is 0. The number of pyridine rings is 1. The van der Waals surface area contributed by atoms with Gasteiger partial charge in [0.25, 0.3) is 5.91 Å². The molecule has 0 aliphatic heterocycles. The summed E-state index contributed by atoms with van der Waals surface area (Å²) in [5, 5.41) is 3.05. The normalized spacial score (nSPS) is 11.3. The molecule has 1 aromatic heterocycles. The van der Waals surface area contributed by atoms with Crippen molar-refractivity contribution >= 4 is 11.6 Å². The Bertz CT molecular complexity index is 1280. The third-order valence-electron chi connectivity index (χ3n) is 13.5. The molecule has 0 fully saturated rings. The zero-order valence-electron chi connectivity index (χ0n) is 43.9. The highest BCUT2D eigenvalue weighted by atomic mass is 16.5. The second kappa shape index (κ2) is 46.0. The van der Waals surface area contributed by atoms with Crippen LogP contribution in [0.2, 0.25) is 0 Å². The third-order valence-corrected chi connectivity index (χ3v) is 13.5. The van der Waals surface area contributed by atoms with E-state index in [1.165, 1.54) is 231 Å². The second-order valence-corrected chi connectivity index (χ2v) is 19.8. The van der Waals surface area contributed by atoms with Gasteiger partial charge in [-0.15, -0.1) is 0 Å². The summed E-state index contributed by atoms with van der Waals surface area (Å²) in [7, 11) is 0. The highest BCUT2D eigenvalue weighted by molar-refractivity contribution is 6.05. The molecule has 0 radical (unpaired) electrons. The molecule has 0 aliphatic rings. The second-order valence-electron chi connectivity index (χ2n) is 19.8. The lowest BCUT2D eigenvalue weighted by atomic mass is 10.0. The minimum Gasteiger partial charge on any atom is -0.490 e. The predicted octanol–water partition coefficient (Wildman–Crippen LogP) is 19.9. The van der Waals surface area contributed by atoms with Crippen LogP contribution in [0.1, 0.15) is 301 Å². The van der Waals surface area contributed by atoms with Crippen molar-refractivity contribution in [1.29, 1.82) is 0 Å². The van der Waals surface area contributed by atoms with Crippen LogP contribution in [0.15, 0.2) is 36.7 Å². The van der Waals surface area contributed by atoms with Crippen molar-refractivity contribution in [3.05, 3.63) is 42.2 Å². The van der Waals surface area contributed by atoms with Crippen molar-refractivity contribution in [3.8, 4) is 17.2 Å². The summed E-state index contributed by atoms with van der Waals surface area (Å²) in [5.41, 5.74) is 1.23. The molecule has 6 nitrogen and oxygen atoms in total. The van der Waals surface area contributed by atoms with Gasteiger partial charge < -0.3 is 19.5 Å². The number of carbonyl (C=O) groups excluding carboxylic acids is 1. The quantitative estimate of drug-likeness (QED) is 0.0670. The zero-order chi connectivity index (χ0) is 47.1. The first-order chi connectivity index (χ1) is 32.7. The van der Waals surface area contributed by atoms with Crippen molar-refractivity contribution in [3.63, 3.8) is 0 Å². The molecule has 66 heavy (non-hydrogen) atoms. The van der Waals surface area contributed by atoms with Gasteiger partial charge in [0.1, 0.15) is 0 Å². The van der Waals surface area contributed by atoms with E-state index in [0.29, 0.717) is 48.3 Å². The van der Waals surface area contributed by atoms with Crippen LogP contribution in [0.3, 0.4) is 0 Å². The first-order valence-corrected chi connectivity index (χ1v) is 29.0. The smallest absolute Gasteiger partial charge is 0.255 e. The Kier molecular flexibility index (Phi) is 41.4. The lowest BCUT2D eigenvalue weighted by molar-refractivity contribution is 0.102. The number of anilines is 1. The number of ether oxygens (including phenoxy) is 3. The molecule has 0 atom stereocenters. The monoisotopic (exact) mass is 919 g/mol. The number of unbranched alkanes of at least 4 members (excludes halogenated alkanes) is 39. The van der Waals surface area contributed by atoms with Crippen molar-refractivity contribution in [2.75, 3.05) is 25.1 Å². The Morgan fingerprint density at radius 1 is 0.379 bits per heavy atom. The molecule has 6 heteroatoms. The van der Waals surface area contributed by atoms with Gasteiger partial charge in [-0.3, -0.25) is 9.78 Å².